The molecular weight excluding hydrogens is 422 g/mol. The Kier molecular flexibility index (Phi) is 6.04. The molecular formula is C21H27N3O4S2. The molecule has 162 valence electrons. The first-order chi connectivity index (χ1) is 14.4. The SMILES string of the molecule is Cc1ccc(NC(=O)NC2CCCc3sccc32)c(O)c1S(=O)(=O)C1CCCNC1. The molecule has 1 aliphatic heterocycles. The van der Waals surface area contributed by atoms with E-state index in [4.69, 9.17) is 0 Å². The molecule has 0 saturated carbocycles. The number of fused-ring (bicyclic) bond motifs is 1. The van der Waals surface area contributed by atoms with Crippen molar-refractivity contribution in [2.75, 3.05) is 18.4 Å². The molecule has 1 aliphatic carbocycles. The van der Waals surface area contributed by atoms with Crippen molar-refractivity contribution in [3.63, 3.8) is 0 Å². The molecule has 0 radical (unpaired) electrons. The number of benzene rings is 1. The standard InChI is InChI=1S/C21H27N3O4S2/c1-13-7-8-17(19(25)20(13)30(27,28)14-4-3-10-22-12-14)24-21(26)23-16-5-2-6-18-15(16)9-11-29-18/h7-9,11,14,16,22,25H,2-6,10,12H2,1H3,(H2,23,24,26). The van der Waals surface area contributed by atoms with E-state index >= 15 is 0 Å². The molecule has 2 aliphatic rings. The summed E-state index contributed by atoms with van der Waals surface area (Å²) >= 11 is 1.70. The summed E-state index contributed by atoms with van der Waals surface area (Å²) in [5.74, 6) is -0.393. The van der Waals surface area contributed by atoms with Gasteiger partial charge in [-0.3, -0.25) is 0 Å². The third kappa shape index (κ3) is 4.06. The first-order valence-corrected chi connectivity index (χ1v) is 12.7. The van der Waals surface area contributed by atoms with Crippen LogP contribution in [0.25, 0.3) is 0 Å². The summed E-state index contributed by atoms with van der Waals surface area (Å²) < 4.78 is 26.3. The van der Waals surface area contributed by atoms with Crippen molar-refractivity contribution >= 4 is 32.9 Å². The van der Waals surface area contributed by atoms with E-state index in [1.165, 1.54) is 4.88 Å². The number of phenols is 1. The Bertz CT molecular complexity index is 1040. The first-order valence-electron chi connectivity index (χ1n) is 10.3. The molecule has 2 heterocycles. The molecule has 1 aromatic carbocycles. The fourth-order valence-corrected chi connectivity index (χ4v) is 7.37. The maximum Gasteiger partial charge on any atom is 0.319 e. The van der Waals surface area contributed by atoms with Crippen molar-refractivity contribution in [2.24, 2.45) is 0 Å². The van der Waals surface area contributed by atoms with Crippen molar-refractivity contribution in [1.82, 2.24) is 10.6 Å². The summed E-state index contributed by atoms with van der Waals surface area (Å²) in [6.07, 6.45) is 4.22. The lowest BCUT2D eigenvalue weighted by atomic mass is 9.94. The van der Waals surface area contributed by atoms with Crippen LogP contribution in [-0.4, -0.2) is 37.9 Å². The number of sulfone groups is 1. The first kappa shape index (κ1) is 21.1. The molecule has 1 saturated heterocycles. The van der Waals surface area contributed by atoms with Crippen LogP contribution in [0.3, 0.4) is 0 Å². The van der Waals surface area contributed by atoms with E-state index < -0.39 is 26.9 Å². The average Bonchev–Trinajstić information content (AvgIpc) is 3.21. The normalized spacial score (nSPS) is 21.6. The van der Waals surface area contributed by atoms with Gasteiger partial charge >= 0.3 is 6.03 Å². The third-order valence-corrected chi connectivity index (χ3v) is 9.27. The highest BCUT2D eigenvalue weighted by molar-refractivity contribution is 7.92. The lowest BCUT2D eigenvalue weighted by Crippen LogP contribution is -2.39. The van der Waals surface area contributed by atoms with Gasteiger partial charge in [0, 0.05) is 11.4 Å². The minimum atomic E-state index is -3.72. The Morgan fingerprint density at radius 2 is 2.07 bits per heavy atom. The van der Waals surface area contributed by atoms with Crippen LogP contribution in [0.15, 0.2) is 28.5 Å². The Labute approximate surface area is 180 Å². The number of anilines is 1. The van der Waals surface area contributed by atoms with Crippen molar-refractivity contribution in [1.29, 1.82) is 0 Å². The number of carbonyl (C=O) groups is 1. The number of thiophene rings is 1. The molecule has 4 N–H and O–H groups in total. The van der Waals surface area contributed by atoms with E-state index in [1.807, 2.05) is 11.4 Å². The summed E-state index contributed by atoms with van der Waals surface area (Å²) in [5, 5.41) is 20.9. The molecule has 4 rings (SSSR count). The molecule has 1 fully saturated rings. The molecule has 0 bridgehead atoms. The van der Waals surface area contributed by atoms with Gasteiger partial charge in [-0.25, -0.2) is 13.2 Å². The minimum Gasteiger partial charge on any atom is -0.504 e. The van der Waals surface area contributed by atoms with E-state index in [0.29, 0.717) is 18.5 Å². The van der Waals surface area contributed by atoms with Gasteiger partial charge in [-0.15, -0.1) is 11.3 Å². The lowest BCUT2D eigenvalue weighted by molar-refractivity contribution is 0.247. The van der Waals surface area contributed by atoms with Crippen LogP contribution in [0, 0.1) is 6.92 Å². The summed E-state index contributed by atoms with van der Waals surface area (Å²) in [5.41, 5.74) is 1.71. The van der Waals surface area contributed by atoms with E-state index in [0.717, 1.165) is 37.8 Å². The number of aromatic hydroxyl groups is 1. The van der Waals surface area contributed by atoms with E-state index in [1.54, 1.807) is 30.4 Å². The zero-order valence-electron chi connectivity index (χ0n) is 16.9. The van der Waals surface area contributed by atoms with Crippen LogP contribution in [0.2, 0.25) is 0 Å². The zero-order chi connectivity index (χ0) is 21.3. The number of carbonyl (C=O) groups excluding carboxylic acids is 1. The fraction of sp³-hybridized carbons (Fsp3) is 0.476. The highest BCUT2D eigenvalue weighted by Crippen LogP contribution is 2.37. The molecule has 9 heteroatoms. The lowest BCUT2D eigenvalue weighted by Gasteiger charge is -2.25. The Balaban J connectivity index is 1.54. The predicted molar refractivity (Wildman–Crippen MR) is 118 cm³/mol. The Morgan fingerprint density at radius 1 is 1.23 bits per heavy atom. The molecule has 1 aromatic heterocycles. The quantitative estimate of drug-likeness (QED) is 0.535. The molecule has 2 aromatic rings. The topological polar surface area (TPSA) is 108 Å². The summed E-state index contributed by atoms with van der Waals surface area (Å²) in [6.45, 7) is 2.82. The third-order valence-electron chi connectivity index (χ3n) is 5.91. The molecule has 0 spiro atoms. The second-order valence-corrected chi connectivity index (χ2v) is 11.1. The van der Waals surface area contributed by atoms with Crippen LogP contribution >= 0.6 is 11.3 Å². The number of rotatable bonds is 4. The molecule has 2 amide bonds. The number of hydrogen-bond acceptors (Lipinski definition) is 6. The molecule has 7 nitrogen and oxygen atoms in total. The van der Waals surface area contributed by atoms with E-state index in [9.17, 15) is 18.3 Å². The van der Waals surface area contributed by atoms with Gasteiger partial charge in [0.2, 0.25) is 0 Å². The smallest absolute Gasteiger partial charge is 0.319 e. The summed E-state index contributed by atoms with van der Waals surface area (Å²) in [7, 11) is -3.72. The fourth-order valence-electron chi connectivity index (χ4n) is 4.34. The van der Waals surface area contributed by atoms with Gasteiger partial charge in [0.1, 0.15) is 4.90 Å². The highest BCUT2D eigenvalue weighted by Gasteiger charge is 2.33. The van der Waals surface area contributed by atoms with Crippen molar-refractivity contribution < 1.29 is 18.3 Å². The van der Waals surface area contributed by atoms with Crippen LogP contribution in [0.5, 0.6) is 5.75 Å². The van der Waals surface area contributed by atoms with Crippen molar-refractivity contribution in [3.8, 4) is 5.75 Å². The number of aryl methyl sites for hydroxylation is 2. The van der Waals surface area contributed by atoms with Gasteiger partial charge in [-0.1, -0.05) is 6.07 Å². The van der Waals surface area contributed by atoms with Crippen LogP contribution in [-0.2, 0) is 16.3 Å². The number of nitrogens with one attached hydrogen (secondary N) is 3. The monoisotopic (exact) mass is 449 g/mol. The van der Waals surface area contributed by atoms with Gasteiger partial charge < -0.3 is 21.1 Å². The summed E-state index contributed by atoms with van der Waals surface area (Å²) in [6, 6.07) is 4.66. The van der Waals surface area contributed by atoms with Crippen molar-refractivity contribution in [3.05, 3.63) is 39.6 Å². The molecule has 2 unspecified atom stereocenters. The number of piperidine rings is 1. The van der Waals surface area contributed by atoms with Crippen LogP contribution < -0.4 is 16.0 Å². The van der Waals surface area contributed by atoms with Crippen molar-refractivity contribution in [2.45, 2.75) is 55.2 Å². The zero-order valence-corrected chi connectivity index (χ0v) is 18.5. The second kappa shape index (κ2) is 8.56. The van der Waals surface area contributed by atoms with Gasteiger partial charge in [0.25, 0.3) is 0 Å². The van der Waals surface area contributed by atoms with Gasteiger partial charge in [0.15, 0.2) is 15.6 Å². The van der Waals surface area contributed by atoms with Crippen LogP contribution in [0.4, 0.5) is 10.5 Å². The number of amides is 2. The average molecular weight is 450 g/mol. The maximum absolute atomic E-state index is 13.2. The minimum absolute atomic E-state index is 0.0795. The van der Waals surface area contributed by atoms with E-state index in [2.05, 4.69) is 16.0 Å². The highest BCUT2D eigenvalue weighted by atomic mass is 32.2. The van der Waals surface area contributed by atoms with Gasteiger partial charge in [-0.05, 0) is 74.2 Å². The number of phenolic OH excluding ortho intramolecular Hbond substituents is 1. The number of urea groups is 1. The molecule has 30 heavy (non-hydrogen) atoms. The second-order valence-electron chi connectivity index (χ2n) is 7.96. The van der Waals surface area contributed by atoms with Crippen LogP contribution in [0.1, 0.15) is 47.7 Å². The maximum atomic E-state index is 13.2. The Morgan fingerprint density at radius 3 is 2.83 bits per heavy atom. The van der Waals surface area contributed by atoms with E-state index in [-0.39, 0.29) is 16.6 Å². The molecule has 2 atom stereocenters. The summed E-state index contributed by atoms with van der Waals surface area (Å²) in [4.78, 5) is 13.8. The van der Waals surface area contributed by atoms with Gasteiger partial charge in [-0.2, -0.15) is 0 Å². The Hall–Kier alpha value is -2.10. The predicted octanol–water partition coefficient (Wildman–Crippen LogP) is 3.49. The largest absolute Gasteiger partial charge is 0.504 e. The van der Waals surface area contributed by atoms with Gasteiger partial charge in [0.05, 0.1) is 17.0 Å². The number of hydrogen-bond donors (Lipinski definition) is 4.